The lowest BCUT2D eigenvalue weighted by molar-refractivity contribution is 0.448. The maximum atomic E-state index is 14.1. The Hall–Kier alpha value is -6.66. The van der Waals surface area contributed by atoms with Crippen molar-refractivity contribution in [1.82, 2.24) is 15.0 Å². The van der Waals surface area contributed by atoms with E-state index in [0.29, 0.717) is 5.56 Å². The molecule has 0 spiro atoms. The predicted octanol–water partition coefficient (Wildman–Crippen LogP) is 12.1. The number of rotatable bonds is 5. The first kappa shape index (κ1) is 30.4. The second-order valence-corrected chi connectivity index (χ2v) is 12.4. The Morgan fingerprint density at radius 1 is 0.353 bits per heavy atom. The number of para-hydroxylation sites is 1. The van der Waals surface area contributed by atoms with Gasteiger partial charge in [-0.05, 0) is 41.0 Å². The summed E-state index contributed by atoms with van der Waals surface area (Å²) in [6.45, 7) is 0. The molecule has 242 valence electrons. The maximum Gasteiger partial charge on any atom is 0.194 e. The maximum absolute atomic E-state index is 14.1. The summed E-state index contributed by atoms with van der Waals surface area (Å²) < 4.78 is 42.0. The highest BCUT2D eigenvalue weighted by Crippen LogP contribution is 2.43. The molecule has 0 atom stereocenters. The van der Waals surface area contributed by atoms with Crippen molar-refractivity contribution in [2.75, 3.05) is 0 Å². The molecule has 51 heavy (non-hydrogen) atoms. The Morgan fingerprint density at radius 3 is 1.45 bits per heavy atom. The molecular weight excluding hydrogens is 640 g/mol. The fourth-order valence-corrected chi connectivity index (χ4v) is 6.83. The van der Waals surface area contributed by atoms with Crippen LogP contribution in [0.3, 0.4) is 0 Å². The minimum absolute atomic E-state index is 0.240. The van der Waals surface area contributed by atoms with E-state index in [4.69, 9.17) is 15.0 Å². The van der Waals surface area contributed by atoms with Gasteiger partial charge in [0, 0.05) is 38.4 Å². The topological polar surface area (TPSA) is 38.7 Å². The summed E-state index contributed by atoms with van der Waals surface area (Å²) in [4.78, 5) is 16.1. The van der Waals surface area contributed by atoms with Crippen molar-refractivity contribution in [2.45, 2.75) is 0 Å². The van der Waals surface area contributed by atoms with Crippen molar-refractivity contribution in [1.29, 1.82) is 0 Å². The third-order valence-electron chi connectivity index (χ3n) is 9.26. The molecule has 0 radical (unpaired) electrons. The molecule has 0 aliphatic rings. The fraction of sp³-hybridized carbons (Fsp3) is 0. The Bertz CT molecular complexity index is 2730. The number of hydrogen-bond acceptors (Lipinski definition) is 3. The largest absolute Gasteiger partial charge is 0.247 e. The van der Waals surface area contributed by atoms with Crippen molar-refractivity contribution in [3.8, 4) is 56.0 Å². The molecule has 9 rings (SSSR count). The summed E-state index contributed by atoms with van der Waals surface area (Å²) in [6, 6.07) is 49.8. The van der Waals surface area contributed by atoms with Crippen molar-refractivity contribution in [3.05, 3.63) is 175 Å². The van der Waals surface area contributed by atoms with Crippen LogP contribution in [-0.4, -0.2) is 15.0 Å². The van der Waals surface area contributed by atoms with E-state index in [1.807, 2.05) is 84.9 Å². The lowest BCUT2D eigenvalue weighted by atomic mass is 9.92. The van der Waals surface area contributed by atoms with E-state index in [1.54, 1.807) is 12.1 Å². The molecule has 0 fully saturated rings. The number of fused-ring (bicyclic) bond motifs is 5. The first-order valence-corrected chi connectivity index (χ1v) is 16.5. The van der Waals surface area contributed by atoms with E-state index in [1.165, 1.54) is 0 Å². The molecule has 2 aromatic heterocycles. The third kappa shape index (κ3) is 5.29. The summed E-state index contributed by atoms with van der Waals surface area (Å²) in [5.41, 5.74) is 9.98. The lowest BCUT2D eigenvalue weighted by Crippen LogP contribution is -2.00. The van der Waals surface area contributed by atoms with Crippen molar-refractivity contribution < 1.29 is 13.2 Å². The van der Waals surface area contributed by atoms with Gasteiger partial charge in [0.05, 0.1) is 33.6 Å². The lowest BCUT2D eigenvalue weighted by Gasteiger charge is -2.18. The van der Waals surface area contributed by atoms with Gasteiger partial charge in [0.2, 0.25) is 0 Å². The monoisotopic (exact) mass is 665 g/mol. The van der Waals surface area contributed by atoms with Gasteiger partial charge in [0.1, 0.15) is 0 Å². The SMILES string of the molecule is Fc1cc(-c2ccc(-c3nc4ccccc4c4c3cc(-c3ccccc3)c3nc(-c5ccccc5)c(-c5ccccc5)nc34)cc2)cc(F)c1F. The summed E-state index contributed by atoms with van der Waals surface area (Å²) in [5.74, 6) is -3.95. The number of benzene rings is 7. The highest BCUT2D eigenvalue weighted by Gasteiger charge is 2.22. The van der Waals surface area contributed by atoms with E-state index in [2.05, 4.69) is 48.5 Å². The van der Waals surface area contributed by atoms with Gasteiger partial charge in [-0.3, -0.25) is 0 Å². The third-order valence-corrected chi connectivity index (χ3v) is 9.26. The van der Waals surface area contributed by atoms with E-state index >= 15 is 0 Å². The van der Waals surface area contributed by atoms with Crippen LogP contribution < -0.4 is 0 Å². The van der Waals surface area contributed by atoms with Crippen LogP contribution in [0.4, 0.5) is 13.2 Å². The first-order valence-electron chi connectivity index (χ1n) is 16.5. The zero-order valence-electron chi connectivity index (χ0n) is 27.0. The molecule has 0 amide bonds. The molecule has 9 aromatic rings. The van der Waals surface area contributed by atoms with Gasteiger partial charge in [0.25, 0.3) is 0 Å². The Labute approximate surface area is 291 Å². The van der Waals surface area contributed by atoms with Crippen molar-refractivity contribution >= 4 is 32.7 Å². The zero-order valence-corrected chi connectivity index (χ0v) is 27.0. The summed E-state index contributed by atoms with van der Waals surface area (Å²) in [7, 11) is 0. The Kier molecular flexibility index (Phi) is 7.36. The van der Waals surface area contributed by atoms with Crippen LogP contribution in [0.1, 0.15) is 0 Å². The smallest absolute Gasteiger partial charge is 0.194 e. The molecule has 0 N–H and O–H groups in total. The molecule has 0 saturated carbocycles. The standard InChI is InChI=1S/C45H26F3N3/c46-36-24-32(25-37(47)40(36)48)27-20-22-31(23-21-27)41-35-26-34(28-12-4-1-5-13-28)44-45(39(35)33-18-10-11-19-38(33)49-41)51-43(30-16-8-3-9-17-30)42(50-44)29-14-6-2-7-15-29/h1-26H. The van der Waals surface area contributed by atoms with Gasteiger partial charge in [-0.15, -0.1) is 0 Å². The van der Waals surface area contributed by atoms with Gasteiger partial charge in [-0.1, -0.05) is 133 Å². The normalized spacial score (nSPS) is 11.4. The van der Waals surface area contributed by atoms with Crippen LogP contribution in [0.15, 0.2) is 158 Å². The second kappa shape index (κ2) is 12.3. The highest BCUT2D eigenvalue weighted by molar-refractivity contribution is 6.24. The van der Waals surface area contributed by atoms with E-state index < -0.39 is 17.5 Å². The van der Waals surface area contributed by atoms with Gasteiger partial charge in [0.15, 0.2) is 17.5 Å². The molecule has 6 heteroatoms. The van der Waals surface area contributed by atoms with Crippen LogP contribution >= 0.6 is 0 Å². The van der Waals surface area contributed by atoms with Crippen LogP contribution in [0.5, 0.6) is 0 Å². The molecule has 0 bridgehead atoms. The average molecular weight is 666 g/mol. The van der Waals surface area contributed by atoms with Crippen molar-refractivity contribution in [2.24, 2.45) is 0 Å². The number of halogens is 3. The fourth-order valence-electron chi connectivity index (χ4n) is 6.83. The summed E-state index contributed by atoms with van der Waals surface area (Å²) >= 11 is 0. The zero-order chi connectivity index (χ0) is 34.5. The van der Waals surface area contributed by atoms with Crippen molar-refractivity contribution in [3.63, 3.8) is 0 Å². The molecule has 7 aromatic carbocycles. The minimum Gasteiger partial charge on any atom is -0.247 e. The quantitative estimate of drug-likeness (QED) is 0.136. The number of nitrogens with zero attached hydrogens (tertiary/aromatic N) is 3. The minimum atomic E-state index is -1.49. The van der Waals surface area contributed by atoms with Crippen LogP contribution in [0.25, 0.3) is 88.7 Å². The summed E-state index contributed by atoms with van der Waals surface area (Å²) in [6.07, 6.45) is 0. The average Bonchev–Trinajstić information content (AvgIpc) is 3.19. The predicted molar refractivity (Wildman–Crippen MR) is 199 cm³/mol. The van der Waals surface area contributed by atoms with Gasteiger partial charge in [-0.25, -0.2) is 28.1 Å². The molecule has 0 saturated heterocycles. The Balaban J connectivity index is 1.38. The first-order chi connectivity index (χ1) is 25.0. The molecule has 0 aliphatic carbocycles. The van der Waals surface area contributed by atoms with Crippen LogP contribution in [0.2, 0.25) is 0 Å². The number of pyridine rings is 1. The van der Waals surface area contributed by atoms with E-state index in [0.717, 1.165) is 89.7 Å². The molecule has 3 nitrogen and oxygen atoms in total. The molecule has 2 heterocycles. The molecule has 0 aliphatic heterocycles. The van der Waals surface area contributed by atoms with Gasteiger partial charge in [-0.2, -0.15) is 0 Å². The number of hydrogen-bond donors (Lipinski definition) is 0. The molecule has 0 unspecified atom stereocenters. The molecular formula is C45H26F3N3. The van der Waals surface area contributed by atoms with Gasteiger partial charge < -0.3 is 0 Å². The summed E-state index contributed by atoms with van der Waals surface area (Å²) in [5, 5.41) is 2.74. The van der Waals surface area contributed by atoms with Crippen LogP contribution in [0, 0.1) is 17.5 Å². The van der Waals surface area contributed by atoms with Gasteiger partial charge >= 0.3 is 0 Å². The second-order valence-electron chi connectivity index (χ2n) is 12.4. The number of aromatic nitrogens is 3. The Morgan fingerprint density at radius 2 is 0.843 bits per heavy atom. The van der Waals surface area contributed by atoms with E-state index in [-0.39, 0.29) is 5.56 Å². The highest BCUT2D eigenvalue weighted by atomic mass is 19.2. The van der Waals surface area contributed by atoms with Crippen LogP contribution in [-0.2, 0) is 0 Å². The van der Waals surface area contributed by atoms with E-state index in [9.17, 15) is 13.2 Å².